The third-order valence-corrected chi connectivity index (χ3v) is 4.39. The lowest BCUT2D eigenvalue weighted by atomic mass is 9.87. The van der Waals surface area contributed by atoms with Gasteiger partial charge in [0.2, 0.25) is 15.9 Å². The highest BCUT2D eigenvalue weighted by Gasteiger charge is 2.34. The van der Waals surface area contributed by atoms with Crippen molar-refractivity contribution in [1.29, 1.82) is 0 Å². The molecule has 1 heterocycles. The lowest BCUT2D eigenvalue weighted by molar-refractivity contribution is -0.125. The number of hydrogen-bond acceptors (Lipinski definition) is 7. The van der Waals surface area contributed by atoms with Gasteiger partial charge in [0.25, 0.3) is 0 Å². The Labute approximate surface area is 144 Å². The molecule has 2 aromatic rings. The molecule has 1 aromatic heterocycles. The van der Waals surface area contributed by atoms with Gasteiger partial charge in [-0.2, -0.15) is 9.97 Å². The molecular weight excluding hydrogens is 348 g/mol. The first-order valence-corrected chi connectivity index (χ1v) is 8.69. The molecule has 0 fully saturated rings. The fourth-order valence-corrected chi connectivity index (χ4v) is 2.66. The smallest absolute Gasteiger partial charge is 0.322 e. The van der Waals surface area contributed by atoms with Gasteiger partial charge in [-0.05, 0) is 26.0 Å². The van der Waals surface area contributed by atoms with Crippen LogP contribution in [-0.4, -0.2) is 36.4 Å². The Morgan fingerprint density at radius 2 is 2.04 bits per heavy atom. The molecule has 2 rings (SSSR count). The van der Waals surface area contributed by atoms with Crippen molar-refractivity contribution < 1.29 is 23.1 Å². The van der Waals surface area contributed by atoms with Crippen LogP contribution in [0.4, 0.5) is 0 Å². The van der Waals surface area contributed by atoms with E-state index in [0.29, 0.717) is 0 Å². The zero-order valence-corrected chi connectivity index (χ0v) is 14.7. The van der Waals surface area contributed by atoms with Crippen molar-refractivity contribution in [3.8, 4) is 17.5 Å². The highest BCUT2D eigenvalue weighted by molar-refractivity contribution is 7.89. The summed E-state index contributed by atoms with van der Waals surface area (Å²) < 4.78 is 28.2. The maximum Gasteiger partial charge on any atom is 0.322 e. The quantitative estimate of drug-likeness (QED) is 0.704. The molecule has 0 bridgehead atoms. The van der Waals surface area contributed by atoms with E-state index < -0.39 is 15.4 Å². The molecule has 134 valence electrons. The van der Waals surface area contributed by atoms with Gasteiger partial charge in [-0.25, -0.2) is 13.6 Å². The number of aromatic nitrogens is 2. The maximum absolute atomic E-state index is 12.0. The second kappa shape index (κ2) is 6.65. The van der Waals surface area contributed by atoms with Crippen molar-refractivity contribution in [2.75, 3.05) is 7.05 Å². The van der Waals surface area contributed by atoms with Gasteiger partial charge in [0.1, 0.15) is 11.4 Å². The summed E-state index contributed by atoms with van der Waals surface area (Å²) in [5.74, 6) is -0.483. The lowest BCUT2D eigenvalue weighted by Gasteiger charge is -2.22. The zero-order chi connectivity index (χ0) is 18.8. The number of benzene rings is 1. The number of ether oxygens (including phenoxy) is 1. The molecule has 0 aliphatic heterocycles. The Balaban J connectivity index is 2.40. The molecule has 0 radical (unpaired) electrons. The molecule has 0 aliphatic rings. The van der Waals surface area contributed by atoms with Gasteiger partial charge in [0.05, 0.1) is 16.5 Å². The second-order valence-electron chi connectivity index (χ2n) is 5.71. The molecule has 0 spiro atoms. The Morgan fingerprint density at radius 1 is 1.36 bits per heavy atom. The first-order chi connectivity index (χ1) is 11.6. The predicted molar refractivity (Wildman–Crippen MR) is 88.7 cm³/mol. The van der Waals surface area contributed by atoms with E-state index in [1.165, 1.54) is 31.3 Å². The maximum atomic E-state index is 12.0. The number of nitrogens with two attached hydrogens (primary N) is 1. The third kappa shape index (κ3) is 4.03. The van der Waals surface area contributed by atoms with Crippen molar-refractivity contribution in [3.05, 3.63) is 36.2 Å². The van der Waals surface area contributed by atoms with Gasteiger partial charge in [0, 0.05) is 13.1 Å². The summed E-state index contributed by atoms with van der Waals surface area (Å²) in [5, 5.41) is 17.5. The van der Waals surface area contributed by atoms with E-state index in [0.717, 1.165) is 6.20 Å². The molecule has 10 heteroatoms. The number of carbonyl (C=O) groups is 1. The summed E-state index contributed by atoms with van der Waals surface area (Å²) in [5.41, 5.74) is -1.07. The molecule has 0 unspecified atom stereocenters. The number of sulfonamides is 1. The number of hydrogen-bond donors (Lipinski definition) is 3. The lowest BCUT2D eigenvalue weighted by Crippen LogP contribution is -2.38. The van der Waals surface area contributed by atoms with Crippen LogP contribution in [0.3, 0.4) is 0 Å². The summed E-state index contributed by atoms with van der Waals surface area (Å²) in [4.78, 5) is 19.8. The van der Waals surface area contributed by atoms with Crippen molar-refractivity contribution in [2.45, 2.75) is 24.2 Å². The van der Waals surface area contributed by atoms with E-state index in [-0.39, 0.29) is 34.0 Å². The summed E-state index contributed by atoms with van der Waals surface area (Å²) in [6.07, 6.45) is 1.10. The van der Waals surface area contributed by atoms with Crippen LogP contribution in [0.1, 0.15) is 19.5 Å². The molecule has 1 aromatic carbocycles. The van der Waals surface area contributed by atoms with Crippen LogP contribution in [0.15, 0.2) is 35.4 Å². The summed E-state index contributed by atoms with van der Waals surface area (Å²) in [6, 6.07) is 5.32. The van der Waals surface area contributed by atoms with Gasteiger partial charge in [-0.3, -0.25) is 4.79 Å². The monoisotopic (exact) mass is 366 g/mol. The normalized spacial score (nSPS) is 11.8. The fraction of sp³-hybridized carbons (Fsp3) is 0.267. The van der Waals surface area contributed by atoms with Crippen LogP contribution in [0.2, 0.25) is 0 Å². The van der Waals surface area contributed by atoms with Gasteiger partial charge >= 0.3 is 6.01 Å². The average Bonchev–Trinajstić information content (AvgIpc) is 2.55. The first-order valence-electron chi connectivity index (χ1n) is 7.15. The van der Waals surface area contributed by atoms with Gasteiger partial charge in [-0.15, -0.1) is 0 Å². The molecule has 1 amide bonds. The van der Waals surface area contributed by atoms with Crippen LogP contribution in [0.25, 0.3) is 0 Å². The number of amides is 1. The largest absolute Gasteiger partial charge is 0.504 e. The molecule has 0 saturated carbocycles. The molecule has 0 atom stereocenters. The Kier molecular flexibility index (Phi) is 4.95. The Bertz CT molecular complexity index is 912. The number of primary sulfonamides is 1. The Hall–Kier alpha value is -2.72. The molecular formula is C15H18N4O5S. The highest BCUT2D eigenvalue weighted by Crippen LogP contribution is 2.31. The van der Waals surface area contributed by atoms with E-state index in [4.69, 9.17) is 9.88 Å². The molecule has 0 saturated heterocycles. The number of carbonyl (C=O) groups excluding carboxylic acids is 1. The number of nitrogens with zero attached hydrogens (tertiary/aromatic N) is 2. The van der Waals surface area contributed by atoms with Gasteiger partial charge < -0.3 is 15.2 Å². The number of likely N-dealkylation sites (N-methyl/N-ethyl adjacent to an activating group) is 1. The zero-order valence-electron chi connectivity index (χ0n) is 13.8. The van der Waals surface area contributed by atoms with E-state index in [1.807, 2.05) is 0 Å². The minimum Gasteiger partial charge on any atom is -0.504 e. The second-order valence-corrected chi connectivity index (χ2v) is 7.27. The van der Waals surface area contributed by atoms with Crippen molar-refractivity contribution in [1.82, 2.24) is 15.3 Å². The topological polar surface area (TPSA) is 144 Å². The number of aromatic hydroxyl groups is 1. The average molecular weight is 366 g/mol. The summed E-state index contributed by atoms with van der Waals surface area (Å²) >= 11 is 0. The highest BCUT2D eigenvalue weighted by atomic mass is 32.2. The van der Waals surface area contributed by atoms with Crippen molar-refractivity contribution >= 4 is 15.9 Å². The van der Waals surface area contributed by atoms with E-state index in [2.05, 4.69) is 15.3 Å². The standard InChI is InChI=1S/C15H18N4O5S/c1-15(2,13(21)17-3)12-11(20)8-18-14(19-12)24-9-5-4-6-10(7-9)25(16,22)23/h4-8,20H,1-3H3,(H,17,21)(H2,16,22,23). The van der Waals surface area contributed by atoms with Crippen LogP contribution in [0, 0.1) is 0 Å². The minimum absolute atomic E-state index is 0.0689. The first kappa shape index (κ1) is 18.6. The molecule has 0 aliphatic carbocycles. The van der Waals surface area contributed by atoms with Gasteiger partial charge in [-0.1, -0.05) is 6.07 Å². The number of rotatable bonds is 5. The Morgan fingerprint density at radius 3 is 2.64 bits per heavy atom. The predicted octanol–water partition coefficient (Wildman–Crippen LogP) is 0.645. The van der Waals surface area contributed by atoms with Crippen molar-refractivity contribution in [3.63, 3.8) is 0 Å². The number of nitrogens with one attached hydrogen (secondary N) is 1. The SMILES string of the molecule is CNC(=O)C(C)(C)c1nc(Oc2cccc(S(N)(=O)=O)c2)ncc1O. The molecule has 9 nitrogen and oxygen atoms in total. The summed E-state index contributed by atoms with van der Waals surface area (Å²) in [6.45, 7) is 3.17. The van der Waals surface area contributed by atoms with E-state index in [9.17, 15) is 18.3 Å². The van der Waals surface area contributed by atoms with Crippen LogP contribution >= 0.6 is 0 Å². The van der Waals surface area contributed by atoms with Crippen LogP contribution in [0.5, 0.6) is 17.5 Å². The summed E-state index contributed by atoms with van der Waals surface area (Å²) in [7, 11) is -2.41. The molecule has 25 heavy (non-hydrogen) atoms. The molecule has 4 N–H and O–H groups in total. The fourth-order valence-electron chi connectivity index (χ4n) is 2.11. The van der Waals surface area contributed by atoms with Crippen LogP contribution in [-0.2, 0) is 20.2 Å². The van der Waals surface area contributed by atoms with E-state index >= 15 is 0 Å². The van der Waals surface area contributed by atoms with Gasteiger partial charge in [0.15, 0.2) is 5.75 Å². The van der Waals surface area contributed by atoms with Crippen LogP contribution < -0.4 is 15.2 Å². The van der Waals surface area contributed by atoms with E-state index in [1.54, 1.807) is 13.8 Å². The van der Waals surface area contributed by atoms with Crippen molar-refractivity contribution in [2.24, 2.45) is 5.14 Å². The third-order valence-electron chi connectivity index (χ3n) is 3.48. The minimum atomic E-state index is -3.88.